The van der Waals surface area contributed by atoms with Crippen LogP contribution in [-0.4, -0.2) is 61.5 Å². The van der Waals surface area contributed by atoms with Crippen LogP contribution in [0.2, 0.25) is 0 Å². The lowest BCUT2D eigenvalue weighted by atomic mass is 9.83. The molecule has 2 aliphatic rings. The van der Waals surface area contributed by atoms with Crippen molar-refractivity contribution in [1.29, 1.82) is 0 Å². The highest BCUT2D eigenvalue weighted by atomic mass is 32.2. The first-order valence-electron chi connectivity index (χ1n) is 7.75. The molecule has 0 aromatic carbocycles. The van der Waals surface area contributed by atoms with Crippen LogP contribution in [0.3, 0.4) is 0 Å². The third-order valence-electron chi connectivity index (χ3n) is 5.00. The summed E-state index contributed by atoms with van der Waals surface area (Å²) in [5, 5.41) is 0. The molecule has 0 N–H and O–H groups in total. The second kappa shape index (κ2) is 5.56. The number of nitrogens with zero attached hydrogens (tertiary/aromatic N) is 2. The molecule has 2 fully saturated rings. The van der Waals surface area contributed by atoms with Gasteiger partial charge in [0.15, 0.2) is 9.84 Å². The molecular formula is C16H22N2O4S. The van der Waals surface area contributed by atoms with E-state index in [2.05, 4.69) is 4.98 Å². The van der Waals surface area contributed by atoms with E-state index in [4.69, 9.17) is 4.74 Å². The van der Waals surface area contributed by atoms with Crippen LogP contribution in [0.1, 0.15) is 28.2 Å². The van der Waals surface area contributed by atoms with E-state index < -0.39 is 14.6 Å². The zero-order valence-electron chi connectivity index (χ0n) is 13.7. The number of methoxy groups -OCH3 is 1. The molecule has 0 bridgehead atoms. The summed E-state index contributed by atoms with van der Waals surface area (Å²) >= 11 is 0. The van der Waals surface area contributed by atoms with Crippen molar-refractivity contribution in [3.05, 3.63) is 29.1 Å². The topological polar surface area (TPSA) is 76.6 Å². The van der Waals surface area contributed by atoms with Gasteiger partial charge < -0.3 is 9.64 Å². The molecule has 2 saturated heterocycles. The zero-order valence-corrected chi connectivity index (χ0v) is 14.5. The second-order valence-electron chi connectivity index (χ2n) is 6.62. The van der Waals surface area contributed by atoms with Crippen molar-refractivity contribution in [1.82, 2.24) is 9.88 Å². The van der Waals surface area contributed by atoms with Gasteiger partial charge in [0.05, 0.1) is 12.4 Å². The van der Waals surface area contributed by atoms with Crippen LogP contribution in [0, 0.1) is 19.8 Å². The molecule has 0 radical (unpaired) electrons. The van der Waals surface area contributed by atoms with E-state index in [1.165, 1.54) is 0 Å². The minimum Gasteiger partial charge on any atom is -0.384 e. The Morgan fingerprint density at radius 2 is 1.96 bits per heavy atom. The number of sulfone groups is 1. The van der Waals surface area contributed by atoms with Crippen LogP contribution in [0.25, 0.3) is 0 Å². The largest absolute Gasteiger partial charge is 0.384 e. The van der Waals surface area contributed by atoms with Crippen LogP contribution in [0.5, 0.6) is 0 Å². The molecule has 126 valence electrons. The molecule has 1 aromatic rings. The van der Waals surface area contributed by atoms with Crippen molar-refractivity contribution in [3.63, 3.8) is 0 Å². The van der Waals surface area contributed by atoms with Gasteiger partial charge in [-0.05, 0) is 32.4 Å². The average Bonchev–Trinajstić information content (AvgIpc) is 2.67. The van der Waals surface area contributed by atoms with Gasteiger partial charge in [-0.15, -0.1) is 0 Å². The fourth-order valence-corrected chi connectivity index (χ4v) is 6.19. The number of carbonyl (C=O) groups excluding carboxylic acids is 1. The lowest BCUT2D eigenvalue weighted by molar-refractivity contribution is 0.0336. The molecule has 1 atom stereocenters. The second-order valence-corrected chi connectivity index (χ2v) is 9.08. The molecule has 1 spiro atoms. The van der Waals surface area contributed by atoms with E-state index in [-0.39, 0.29) is 30.7 Å². The van der Waals surface area contributed by atoms with E-state index >= 15 is 0 Å². The smallest absolute Gasteiger partial charge is 0.254 e. The molecule has 0 aliphatic carbocycles. The lowest BCUT2D eigenvalue weighted by Gasteiger charge is -2.49. The standard InChI is InChI=1S/C16H22N2O4S/c1-11-6-13(7-12(2)17-11)15(19)18-9-16(10-18)14(8-22-3)4-5-23(16,20)21/h6-7,14H,4-5,8-10H2,1-3H3/t14-/m0/s1. The summed E-state index contributed by atoms with van der Waals surface area (Å²) in [4.78, 5) is 18.5. The number of aryl methyl sites for hydroxylation is 2. The summed E-state index contributed by atoms with van der Waals surface area (Å²) in [6, 6.07) is 3.49. The number of pyridine rings is 1. The highest BCUT2D eigenvalue weighted by Gasteiger charge is 2.62. The van der Waals surface area contributed by atoms with Crippen LogP contribution in [0.4, 0.5) is 0 Å². The summed E-state index contributed by atoms with van der Waals surface area (Å²) in [5.41, 5.74) is 2.15. The Kier molecular flexibility index (Phi) is 3.96. The zero-order chi connectivity index (χ0) is 16.8. The number of hydrogen-bond donors (Lipinski definition) is 0. The number of carbonyl (C=O) groups is 1. The summed E-state index contributed by atoms with van der Waals surface area (Å²) < 4.78 is 29.3. The molecule has 6 nitrogen and oxygen atoms in total. The van der Waals surface area contributed by atoms with Crippen LogP contribution < -0.4 is 0 Å². The van der Waals surface area contributed by atoms with Gasteiger partial charge in [-0.3, -0.25) is 9.78 Å². The van der Waals surface area contributed by atoms with Gasteiger partial charge in [0.25, 0.3) is 5.91 Å². The third kappa shape index (κ3) is 2.55. The molecule has 3 rings (SSSR count). The predicted octanol–water partition coefficient (Wildman–Crippen LogP) is 0.974. The van der Waals surface area contributed by atoms with Crippen LogP contribution in [0.15, 0.2) is 12.1 Å². The first kappa shape index (κ1) is 16.4. The average molecular weight is 338 g/mol. The maximum absolute atomic E-state index is 12.6. The quantitative estimate of drug-likeness (QED) is 0.821. The van der Waals surface area contributed by atoms with E-state index in [0.717, 1.165) is 11.4 Å². The summed E-state index contributed by atoms with van der Waals surface area (Å²) in [6.07, 6.45) is 0.617. The number of likely N-dealkylation sites (tertiary alicyclic amines) is 1. The van der Waals surface area contributed by atoms with Crippen molar-refractivity contribution in [2.75, 3.05) is 32.6 Å². The highest BCUT2D eigenvalue weighted by molar-refractivity contribution is 7.93. The third-order valence-corrected chi connectivity index (χ3v) is 7.60. The predicted molar refractivity (Wildman–Crippen MR) is 86.1 cm³/mol. The monoisotopic (exact) mass is 338 g/mol. The fourth-order valence-electron chi connectivity index (χ4n) is 3.79. The van der Waals surface area contributed by atoms with Crippen molar-refractivity contribution in [3.8, 4) is 0 Å². The molecule has 23 heavy (non-hydrogen) atoms. The van der Waals surface area contributed by atoms with E-state index in [1.807, 2.05) is 13.8 Å². The molecule has 7 heteroatoms. The summed E-state index contributed by atoms with van der Waals surface area (Å²) in [7, 11) is -1.59. The number of rotatable bonds is 3. The Bertz CT molecular complexity index is 718. The van der Waals surface area contributed by atoms with E-state index in [9.17, 15) is 13.2 Å². The first-order valence-corrected chi connectivity index (χ1v) is 9.40. The minimum absolute atomic E-state index is 0.0255. The molecule has 3 heterocycles. The Labute approximate surface area is 136 Å². The number of amides is 1. The fraction of sp³-hybridized carbons (Fsp3) is 0.625. The molecule has 2 aliphatic heterocycles. The molecule has 1 amide bonds. The lowest BCUT2D eigenvalue weighted by Crippen LogP contribution is -2.68. The van der Waals surface area contributed by atoms with Crippen LogP contribution >= 0.6 is 0 Å². The van der Waals surface area contributed by atoms with Gasteiger partial charge in [-0.2, -0.15) is 0 Å². The number of ether oxygens (including phenoxy) is 1. The SMILES string of the molecule is COC[C@@H]1CCS(=O)(=O)C12CN(C(=O)c1cc(C)nc(C)c1)C2. The van der Waals surface area contributed by atoms with Gasteiger partial charge in [0.1, 0.15) is 4.75 Å². The van der Waals surface area contributed by atoms with Crippen LogP contribution in [-0.2, 0) is 14.6 Å². The molecular weight excluding hydrogens is 316 g/mol. The highest BCUT2D eigenvalue weighted by Crippen LogP contribution is 2.45. The van der Waals surface area contributed by atoms with Crippen molar-refractivity contribution < 1.29 is 17.9 Å². The summed E-state index contributed by atoms with van der Waals surface area (Å²) in [5.74, 6) is 0.0428. The normalized spacial score (nSPS) is 24.7. The van der Waals surface area contributed by atoms with Crippen molar-refractivity contribution >= 4 is 15.7 Å². The summed E-state index contributed by atoms with van der Waals surface area (Å²) in [6.45, 7) is 4.65. The van der Waals surface area contributed by atoms with Crippen molar-refractivity contribution in [2.24, 2.45) is 5.92 Å². The number of aromatic nitrogens is 1. The Hall–Kier alpha value is -1.47. The van der Waals surface area contributed by atoms with Gasteiger partial charge in [-0.25, -0.2) is 8.42 Å². The maximum atomic E-state index is 12.6. The van der Waals surface area contributed by atoms with Gasteiger partial charge in [0.2, 0.25) is 0 Å². The van der Waals surface area contributed by atoms with Gasteiger partial charge >= 0.3 is 0 Å². The Balaban J connectivity index is 1.80. The Morgan fingerprint density at radius 1 is 1.35 bits per heavy atom. The first-order chi connectivity index (χ1) is 10.8. The van der Waals surface area contributed by atoms with Crippen molar-refractivity contribution in [2.45, 2.75) is 25.0 Å². The van der Waals surface area contributed by atoms with E-state index in [1.54, 1.807) is 24.1 Å². The maximum Gasteiger partial charge on any atom is 0.254 e. The molecule has 1 aromatic heterocycles. The van der Waals surface area contributed by atoms with E-state index in [0.29, 0.717) is 18.6 Å². The Morgan fingerprint density at radius 3 is 2.52 bits per heavy atom. The van der Waals surface area contributed by atoms with Gasteiger partial charge in [0, 0.05) is 43.1 Å². The minimum atomic E-state index is -3.17. The number of hydrogen-bond acceptors (Lipinski definition) is 5. The molecule has 0 unspecified atom stereocenters. The molecule has 0 saturated carbocycles. The van der Waals surface area contributed by atoms with Gasteiger partial charge in [-0.1, -0.05) is 0 Å².